The number of nitrogens with zero attached hydrogens (tertiary/aromatic N) is 2. The number of alkyl halides is 3. The normalized spacial score (nSPS) is 12.4. The molecule has 2 aromatic heterocycles. The van der Waals surface area contributed by atoms with Crippen LogP contribution in [0.5, 0.6) is 17.2 Å². The highest BCUT2D eigenvalue weighted by Gasteiger charge is 2.31. The monoisotopic (exact) mass is 547 g/mol. The summed E-state index contributed by atoms with van der Waals surface area (Å²) in [7, 11) is 0. The Balaban J connectivity index is 1.27. The van der Waals surface area contributed by atoms with Gasteiger partial charge in [-0.05, 0) is 61.0 Å². The predicted molar refractivity (Wildman–Crippen MR) is 141 cm³/mol. The van der Waals surface area contributed by atoms with Crippen LogP contribution in [0.2, 0.25) is 0 Å². The molecular weight excluding hydrogens is 527 g/mol. The summed E-state index contributed by atoms with van der Waals surface area (Å²) in [6, 6.07) is 17.4. The van der Waals surface area contributed by atoms with Crippen LogP contribution in [0.15, 0.2) is 72.9 Å². The number of aromatic nitrogens is 3. The molecule has 0 bridgehead atoms. The molecule has 0 unspecified atom stereocenters. The number of carbonyl (C=O) groups excluding carboxylic acids is 1. The summed E-state index contributed by atoms with van der Waals surface area (Å²) in [4.78, 5) is 25.4. The van der Waals surface area contributed by atoms with Crippen molar-refractivity contribution in [3.05, 3.63) is 84.1 Å². The molecule has 0 radical (unpaired) electrons. The molecule has 6 rings (SSSR count). The molecule has 0 fully saturated rings. The summed E-state index contributed by atoms with van der Waals surface area (Å²) < 4.78 is 52.5. The minimum absolute atomic E-state index is 0.149. The standard InChI is InChI=1S/C28H20F3N5O4/c1-15-5-6-17(26(37)33-18-3-2-4-19(13-18)40-28(29,30)31)11-21(15)35-27-34-20-9-10-32-25(20)24(36-27)16-7-8-22-23(12-16)39-14-38-22/h2-13,32H,14H2,1H3,(H,33,37)(H,34,35,36). The van der Waals surface area contributed by atoms with Gasteiger partial charge in [-0.2, -0.15) is 0 Å². The van der Waals surface area contributed by atoms with Crippen LogP contribution in [0.4, 0.5) is 30.5 Å². The van der Waals surface area contributed by atoms with E-state index in [2.05, 4.69) is 25.3 Å². The third-order valence-corrected chi connectivity index (χ3v) is 6.12. The second-order valence-corrected chi connectivity index (χ2v) is 8.89. The van der Waals surface area contributed by atoms with Crippen LogP contribution in [0, 0.1) is 6.92 Å². The molecule has 202 valence electrons. The predicted octanol–water partition coefficient (Wildman–Crippen LogP) is 6.56. The van der Waals surface area contributed by atoms with E-state index in [0.717, 1.165) is 28.8 Å². The summed E-state index contributed by atoms with van der Waals surface area (Å²) >= 11 is 0. The number of aromatic amines is 1. The zero-order valence-electron chi connectivity index (χ0n) is 20.8. The molecule has 12 heteroatoms. The summed E-state index contributed by atoms with van der Waals surface area (Å²) in [5, 5.41) is 5.79. The number of ether oxygens (including phenoxy) is 3. The van der Waals surface area contributed by atoms with Gasteiger partial charge >= 0.3 is 6.36 Å². The highest BCUT2D eigenvalue weighted by atomic mass is 19.4. The van der Waals surface area contributed by atoms with Gasteiger partial charge in [0.15, 0.2) is 11.5 Å². The molecule has 0 saturated heterocycles. The van der Waals surface area contributed by atoms with Crippen molar-refractivity contribution in [2.45, 2.75) is 13.3 Å². The van der Waals surface area contributed by atoms with E-state index in [-0.39, 0.29) is 18.0 Å². The number of halogens is 3. The van der Waals surface area contributed by atoms with Crippen LogP contribution in [-0.2, 0) is 0 Å². The largest absolute Gasteiger partial charge is 0.573 e. The van der Waals surface area contributed by atoms with Gasteiger partial charge in [0, 0.05) is 34.8 Å². The molecule has 1 aliphatic heterocycles. The quantitative estimate of drug-likeness (QED) is 0.221. The van der Waals surface area contributed by atoms with E-state index in [0.29, 0.717) is 34.3 Å². The van der Waals surface area contributed by atoms with Gasteiger partial charge in [0.1, 0.15) is 11.4 Å². The Morgan fingerprint density at radius 3 is 2.70 bits per heavy atom. The van der Waals surface area contributed by atoms with Crippen molar-refractivity contribution in [3.63, 3.8) is 0 Å². The Morgan fingerprint density at radius 1 is 1.00 bits per heavy atom. The third-order valence-electron chi connectivity index (χ3n) is 6.12. The van der Waals surface area contributed by atoms with Crippen LogP contribution >= 0.6 is 0 Å². The maximum atomic E-state index is 12.9. The number of fused-ring (bicyclic) bond motifs is 2. The van der Waals surface area contributed by atoms with Crippen LogP contribution < -0.4 is 24.8 Å². The zero-order chi connectivity index (χ0) is 27.9. The van der Waals surface area contributed by atoms with E-state index in [1.54, 1.807) is 24.4 Å². The number of benzene rings is 3. The number of amides is 1. The van der Waals surface area contributed by atoms with Crippen molar-refractivity contribution in [3.8, 4) is 28.5 Å². The lowest BCUT2D eigenvalue weighted by Crippen LogP contribution is -2.17. The van der Waals surface area contributed by atoms with E-state index in [4.69, 9.17) is 14.5 Å². The molecule has 9 nitrogen and oxygen atoms in total. The summed E-state index contributed by atoms with van der Waals surface area (Å²) in [6.45, 7) is 2.01. The van der Waals surface area contributed by atoms with Gasteiger partial charge in [-0.15, -0.1) is 13.2 Å². The Hall–Kier alpha value is -5.26. The summed E-state index contributed by atoms with van der Waals surface area (Å²) in [5.74, 6) is 0.624. The number of aryl methyl sites for hydroxylation is 1. The highest BCUT2D eigenvalue weighted by Crippen LogP contribution is 2.37. The molecule has 3 heterocycles. The average molecular weight is 547 g/mol. The first-order valence-corrected chi connectivity index (χ1v) is 12.0. The Labute approximate surface area is 224 Å². The lowest BCUT2D eigenvalue weighted by Gasteiger charge is -2.13. The Morgan fingerprint density at radius 2 is 1.85 bits per heavy atom. The van der Waals surface area contributed by atoms with E-state index >= 15 is 0 Å². The number of hydrogen-bond acceptors (Lipinski definition) is 7. The summed E-state index contributed by atoms with van der Waals surface area (Å²) in [5.41, 5.74) is 4.67. The third kappa shape index (κ3) is 5.19. The van der Waals surface area contributed by atoms with Crippen molar-refractivity contribution in [1.82, 2.24) is 15.0 Å². The fraction of sp³-hybridized carbons (Fsp3) is 0.107. The van der Waals surface area contributed by atoms with Crippen LogP contribution in [-0.4, -0.2) is 34.0 Å². The minimum atomic E-state index is -4.84. The fourth-order valence-corrected chi connectivity index (χ4v) is 4.25. The smallest absolute Gasteiger partial charge is 0.454 e. The van der Waals surface area contributed by atoms with Gasteiger partial charge in [0.25, 0.3) is 5.91 Å². The van der Waals surface area contributed by atoms with Crippen molar-refractivity contribution >= 4 is 34.3 Å². The Bertz CT molecular complexity index is 1750. The maximum absolute atomic E-state index is 12.9. The van der Waals surface area contributed by atoms with Crippen molar-refractivity contribution in [1.29, 1.82) is 0 Å². The second-order valence-electron chi connectivity index (χ2n) is 8.89. The van der Waals surface area contributed by atoms with E-state index in [1.807, 2.05) is 31.2 Å². The lowest BCUT2D eigenvalue weighted by molar-refractivity contribution is -0.274. The molecule has 5 aromatic rings. The topological polar surface area (TPSA) is 110 Å². The van der Waals surface area contributed by atoms with E-state index < -0.39 is 18.0 Å². The van der Waals surface area contributed by atoms with Gasteiger partial charge in [0.2, 0.25) is 12.7 Å². The molecule has 0 saturated carbocycles. The number of H-pyrrole nitrogens is 1. The number of anilines is 3. The first kappa shape index (κ1) is 25.0. The van der Waals surface area contributed by atoms with Crippen LogP contribution in [0.25, 0.3) is 22.3 Å². The van der Waals surface area contributed by atoms with Gasteiger partial charge in [-0.25, -0.2) is 9.97 Å². The first-order valence-electron chi connectivity index (χ1n) is 12.0. The fourth-order valence-electron chi connectivity index (χ4n) is 4.25. The van der Waals surface area contributed by atoms with E-state index in [1.165, 1.54) is 12.1 Å². The molecule has 40 heavy (non-hydrogen) atoms. The molecule has 3 N–H and O–H groups in total. The molecular formula is C28H20F3N5O4. The molecule has 0 atom stereocenters. The number of hydrogen-bond donors (Lipinski definition) is 3. The Kier molecular flexibility index (Phi) is 6.14. The second kappa shape index (κ2) is 9.80. The van der Waals surface area contributed by atoms with Crippen LogP contribution in [0.3, 0.4) is 0 Å². The van der Waals surface area contributed by atoms with Crippen LogP contribution in [0.1, 0.15) is 15.9 Å². The SMILES string of the molecule is Cc1ccc(C(=O)Nc2cccc(OC(F)(F)F)c2)cc1Nc1nc(-c2ccc3c(c2)OCO3)c2[nH]ccc2n1. The number of carbonyl (C=O) groups is 1. The molecule has 1 aliphatic rings. The van der Waals surface area contributed by atoms with Crippen molar-refractivity contribution in [2.24, 2.45) is 0 Å². The van der Waals surface area contributed by atoms with Gasteiger partial charge in [-0.1, -0.05) is 12.1 Å². The number of rotatable bonds is 6. The van der Waals surface area contributed by atoms with Crippen molar-refractivity contribution < 1.29 is 32.2 Å². The molecule has 0 aliphatic carbocycles. The van der Waals surface area contributed by atoms with Gasteiger partial charge in [0.05, 0.1) is 11.0 Å². The summed E-state index contributed by atoms with van der Waals surface area (Å²) in [6.07, 6.45) is -3.07. The zero-order valence-corrected chi connectivity index (χ0v) is 20.8. The van der Waals surface area contributed by atoms with Gasteiger partial charge in [-0.3, -0.25) is 4.79 Å². The molecule has 1 amide bonds. The lowest BCUT2D eigenvalue weighted by atomic mass is 10.1. The number of nitrogens with one attached hydrogen (secondary N) is 3. The van der Waals surface area contributed by atoms with Gasteiger partial charge < -0.3 is 29.8 Å². The average Bonchev–Trinajstić information content (AvgIpc) is 3.58. The minimum Gasteiger partial charge on any atom is -0.454 e. The maximum Gasteiger partial charge on any atom is 0.573 e. The molecule has 3 aromatic carbocycles. The first-order chi connectivity index (χ1) is 19.2. The molecule has 0 spiro atoms. The van der Waals surface area contributed by atoms with Crippen molar-refractivity contribution in [2.75, 3.05) is 17.4 Å². The highest BCUT2D eigenvalue weighted by molar-refractivity contribution is 6.05. The van der Waals surface area contributed by atoms with E-state index in [9.17, 15) is 18.0 Å².